The average molecular weight is 290 g/mol. The van der Waals surface area contributed by atoms with E-state index in [4.69, 9.17) is 11.6 Å². The number of hydrogen-bond acceptors (Lipinski definition) is 3. The van der Waals surface area contributed by atoms with Gasteiger partial charge in [-0.2, -0.15) is 0 Å². The van der Waals surface area contributed by atoms with E-state index in [-0.39, 0.29) is 0 Å². The Morgan fingerprint density at radius 2 is 1.95 bits per heavy atom. The summed E-state index contributed by atoms with van der Waals surface area (Å²) < 4.78 is 0. The summed E-state index contributed by atoms with van der Waals surface area (Å²) in [5.74, 6) is 0. The van der Waals surface area contributed by atoms with Crippen molar-refractivity contribution < 1.29 is 0 Å². The molecule has 0 bridgehead atoms. The van der Waals surface area contributed by atoms with Crippen LogP contribution in [0, 0.1) is 0 Å². The second-order valence-corrected chi connectivity index (χ2v) is 5.08. The third kappa shape index (κ3) is 3.71. The van der Waals surface area contributed by atoms with Crippen LogP contribution in [0.3, 0.4) is 0 Å². The topological polar surface area (TPSA) is 28.2 Å². The molecule has 2 rings (SSSR count). The van der Waals surface area contributed by atoms with Gasteiger partial charge in [0.05, 0.1) is 0 Å². The molecule has 0 aliphatic heterocycles. The molecule has 0 amide bonds. The van der Waals surface area contributed by atoms with E-state index in [0.717, 1.165) is 35.9 Å². The number of anilines is 1. The zero-order valence-corrected chi connectivity index (χ0v) is 12.7. The molecule has 2 aromatic rings. The number of nitrogens with one attached hydrogen (secondary N) is 1. The van der Waals surface area contributed by atoms with E-state index in [1.54, 1.807) is 0 Å². The van der Waals surface area contributed by atoms with Gasteiger partial charge in [0.25, 0.3) is 0 Å². The van der Waals surface area contributed by atoms with E-state index in [1.165, 1.54) is 5.56 Å². The van der Waals surface area contributed by atoms with E-state index in [9.17, 15) is 0 Å². The van der Waals surface area contributed by atoms with E-state index in [0.29, 0.717) is 0 Å². The molecule has 20 heavy (non-hydrogen) atoms. The number of rotatable bonds is 6. The van der Waals surface area contributed by atoms with Crippen molar-refractivity contribution in [1.82, 2.24) is 10.3 Å². The summed E-state index contributed by atoms with van der Waals surface area (Å²) in [6.07, 6.45) is 3.65. The van der Waals surface area contributed by atoms with Crippen molar-refractivity contribution in [1.29, 1.82) is 0 Å². The van der Waals surface area contributed by atoms with Gasteiger partial charge in [0.15, 0.2) is 0 Å². The third-order valence-electron chi connectivity index (χ3n) is 3.27. The second-order valence-electron chi connectivity index (χ2n) is 4.68. The van der Waals surface area contributed by atoms with Gasteiger partial charge in [-0.1, -0.05) is 17.7 Å². The van der Waals surface area contributed by atoms with E-state index >= 15 is 0 Å². The number of pyridine rings is 1. The highest BCUT2D eigenvalue weighted by Gasteiger charge is 2.08. The Balaban J connectivity index is 2.17. The van der Waals surface area contributed by atoms with Crippen LogP contribution in [0.5, 0.6) is 0 Å². The third-order valence-corrected chi connectivity index (χ3v) is 3.63. The molecule has 0 radical (unpaired) electrons. The van der Waals surface area contributed by atoms with Gasteiger partial charge in [-0.15, -0.1) is 0 Å². The first-order chi connectivity index (χ1) is 9.74. The van der Waals surface area contributed by atoms with Gasteiger partial charge in [-0.3, -0.25) is 4.98 Å². The Kier molecular flexibility index (Phi) is 5.39. The largest absolute Gasteiger partial charge is 0.367 e. The highest BCUT2D eigenvalue weighted by Crippen LogP contribution is 2.24. The maximum absolute atomic E-state index is 6.34. The molecule has 0 aliphatic rings. The van der Waals surface area contributed by atoms with Crippen LogP contribution in [-0.4, -0.2) is 18.6 Å². The maximum atomic E-state index is 6.34. The van der Waals surface area contributed by atoms with Crippen LogP contribution in [0.25, 0.3) is 0 Å². The maximum Gasteiger partial charge on any atom is 0.0471 e. The Bertz CT molecular complexity index is 543. The van der Waals surface area contributed by atoms with Crippen molar-refractivity contribution in [3.63, 3.8) is 0 Å². The highest BCUT2D eigenvalue weighted by atomic mass is 35.5. The fourth-order valence-electron chi connectivity index (χ4n) is 2.16. The highest BCUT2D eigenvalue weighted by molar-refractivity contribution is 6.31. The number of hydrogen-bond donors (Lipinski definition) is 1. The number of halogens is 1. The molecule has 0 atom stereocenters. The lowest BCUT2D eigenvalue weighted by Gasteiger charge is -2.24. The van der Waals surface area contributed by atoms with Crippen molar-refractivity contribution in [2.75, 3.05) is 18.5 Å². The van der Waals surface area contributed by atoms with Crippen LogP contribution in [0.2, 0.25) is 5.02 Å². The van der Waals surface area contributed by atoms with Crippen LogP contribution in [0.4, 0.5) is 5.69 Å². The summed E-state index contributed by atoms with van der Waals surface area (Å²) in [7, 11) is 1.92. The van der Waals surface area contributed by atoms with Crippen molar-refractivity contribution >= 4 is 17.3 Å². The molecule has 1 aromatic heterocycles. The molecular formula is C16H20ClN3. The molecule has 1 heterocycles. The zero-order valence-electron chi connectivity index (χ0n) is 11.9. The van der Waals surface area contributed by atoms with Crippen LogP contribution in [0.15, 0.2) is 42.7 Å². The summed E-state index contributed by atoms with van der Waals surface area (Å²) in [4.78, 5) is 6.35. The van der Waals surface area contributed by atoms with Gasteiger partial charge in [0.2, 0.25) is 0 Å². The molecule has 0 aliphatic carbocycles. The van der Waals surface area contributed by atoms with Crippen molar-refractivity contribution in [3.8, 4) is 0 Å². The van der Waals surface area contributed by atoms with Crippen LogP contribution >= 0.6 is 11.6 Å². The quantitative estimate of drug-likeness (QED) is 0.882. The molecule has 0 spiro atoms. The monoisotopic (exact) mass is 289 g/mol. The Labute approximate surface area is 125 Å². The van der Waals surface area contributed by atoms with Gasteiger partial charge in [-0.25, -0.2) is 0 Å². The van der Waals surface area contributed by atoms with Crippen molar-refractivity contribution in [2.24, 2.45) is 0 Å². The van der Waals surface area contributed by atoms with E-state index in [2.05, 4.69) is 34.3 Å². The molecule has 0 saturated heterocycles. The molecule has 0 fully saturated rings. The Morgan fingerprint density at radius 1 is 1.20 bits per heavy atom. The first-order valence-electron chi connectivity index (χ1n) is 6.81. The minimum Gasteiger partial charge on any atom is -0.367 e. The second kappa shape index (κ2) is 7.27. The molecule has 1 aromatic carbocycles. The lowest BCUT2D eigenvalue weighted by Crippen LogP contribution is -2.22. The van der Waals surface area contributed by atoms with E-state index < -0.39 is 0 Å². The number of aromatic nitrogens is 1. The summed E-state index contributed by atoms with van der Waals surface area (Å²) >= 11 is 6.34. The van der Waals surface area contributed by atoms with Gasteiger partial charge in [0.1, 0.15) is 0 Å². The van der Waals surface area contributed by atoms with Gasteiger partial charge >= 0.3 is 0 Å². The summed E-state index contributed by atoms with van der Waals surface area (Å²) in [5, 5.41) is 3.93. The smallest absolute Gasteiger partial charge is 0.0471 e. The Hall–Kier alpha value is -1.58. The van der Waals surface area contributed by atoms with Crippen LogP contribution < -0.4 is 10.2 Å². The molecule has 0 unspecified atom stereocenters. The predicted octanol–water partition coefficient (Wildman–Crippen LogP) is 3.48. The lowest BCUT2D eigenvalue weighted by molar-refractivity contribution is 0.812. The predicted molar refractivity (Wildman–Crippen MR) is 85.2 cm³/mol. The minimum absolute atomic E-state index is 0.787. The Morgan fingerprint density at radius 3 is 2.55 bits per heavy atom. The fraction of sp³-hybridized carbons (Fsp3) is 0.312. The zero-order chi connectivity index (χ0) is 14.4. The van der Waals surface area contributed by atoms with Gasteiger partial charge < -0.3 is 10.2 Å². The van der Waals surface area contributed by atoms with Gasteiger partial charge in [0, 0.05) is 42.7 Å². The van der Waals surface area contributed by atoms with Crippen molar-refractivity contribution in [3.05, 3.63) is 58.9 Å². The SMILES string of the molecule is CCN(Cc1ccncc1)c1ccc(CNC)c(Cl)c1. The van der Waals surface area contributed by atoms with Crippen LogP contribution in [-0.2, 0) is 13.1 Å². The summed E-state index contributed by atoms with van der Waals surface area (Å²) in [6, 6.07) is 10.3. The van der Waals surface area contributed by atoms with E-state index in [1.807, 2.05) is 37.6 Å². The average Bonchev–Trinajstić information content (AvgIpc) is 2.48. The molecular weight excluding hydrogens is 270 g/mol. The molecule has 4 heteroatoms. The molecule has 3 nitrogen and oxygen atoms in total. The van der Waals surface area contributed by atoms with Crippen LogP contribution in [0.1, 0.15) is 18.1 Å². The standard InChI is InChI=1S/C16H20ClN3/c1-3-20(12-13-6-8-19-9-7-13)15-5-4-14(11-18-2)16(17)10-15/h4-10,18H,3,11-12H2,1-2H3. The van der Waals surface area contributed by atoms with Crippen molar-refractivity contribution in [2.45, 2.75) is 20.0 Å². The first kappa shape index (κ1) is 14.8. The minimum atomic E-state index is 0.787. The summed E-state index contributed by atoms with van der Waals surface area (Å²) in [5.41, 5.74) is 3.52. The molecule has 106 valence electrons. The summed E-state index contributed by atoms with van der Waals surface area (Å²) in [6.45, 7) is 4.73. The lowest BCUT2D eigenvalue weighted by atomic mass is 10.1. The normalized spacial score (nSPS) is 10.6. The number of benzene rings is 1. The molecule has 1 N–H and O–H groups in total. The fourth-order valence-corrected chi connectivity index (χ4v) is 2.40. The number of nitrogens with zero attached hydrogens (tertiary/aromatic N) is 2. The molecule has 0 saturated carbocycles. The first-order valence-corrected chi connectivity index (χ1v) is 7.19. The van der Waals surface area contributed by atoms with Gasteiger partial charge in [-0.05, 0) is 49.4 Å².